The summed E-state index contributed by atoms with van der Waals surface area (Å²) in [5.74, 6) is 2.96. The number of hydrogen-bond donors (Lipinski definition) is 0. The molecule has 0 spiro atoms. The zero-order valence-electron chi connectivity index (χ0n) is 23.2. The summed E-state index contributed by atoms with van der Waals surface area (Å²) in [6.45, 7) is 6.97. The second-order valence-electron chi connectivity index (χ2n) is 13.8. The molecule has 0 saturated heterocycles. The highest BCUT2D eigenvalue weighted by Crippen LogP contribution is 2.60. The smallest absolute Gasteiger partial charge is 0.00391 e. The quantitative estimate of drug-likeness (QED) is 0.263. The van der Waals surface area contributed by atoms with Crippen molar-refractivity contribution in [3.63, 3.8) is 0 Å². The molecule has 192 valence electrons. The average Bonchev–Trinajstić information content (AvgIpc) is 2.92. The molecule has 4 aromatic carbocycles. The van der Waals surface area contributed by atoms with E-state index in [1.807, 2.05) is 0 Å². The Kier molecular flexibility index (Phi) is 5.66. The first-order chi connectivity index (χ1) is 18.3. The Morgan fingerprint density at radius 1 is 0.500 bits per heavy atom. The lowest BCUT2D eigenvalue weighted by Gasteiger charge is -2.57. The Morgan fingerprint density at radius 3 is 1.39 bits per heavy atom. The summed E-state index contributed by atoms with van der Waals surface area (Å²) in [4.78, 5) is 0. The zero-order valence-corrected chi connectivity index (χ0v) is 23.2. The zero-order chi connectivity index (χ0) is 25.9. The van der Waals surface area contributed by atoms with Crippen LogP contribution >= 0.6 is 0 Å². The Bertz CT molecular complexity index is 1400. The molecule has 0 heterocycles. The number of hydrogen-bond acceptors (Lipinski definition) is 0. The molecule has 4 fully saturated rings. The lowest BCUT2D eigenvalue weighted by atomic mass is 9.48. The van der Waals surface area contributed by atoms with Gasteiger partial charge in [-0.15, -0.1) is 0 Å². The molecule has 4 aliphatic carbocycles. The Labute approximate surface area is 229 Å². The first kappa shape index (κ1) is 24.0. The summed E-state index contributed by atoms with van der Waals surface area (Å²) in [5, 5.41) is 0. The van der Waals surface area contributed by atoms with Crippen LogP contribution in [0.3, 0.4) is 0 Å². The summed E-state index contributed by atoms with van der Waals surface area (Å²) >= 11 is 0. The van der Waals surface area contributed by atoms with Gasteiger partial charge in [0.05, 0.1) is 0 Å². The molecule has 0 radical (unpaired) electrons. The average molecular weight is 497 g/mol. The van der Waals surface area contributed by atoms with Crippen molar-refractivity contribution in [1.29, 1.82) is 0 Å². The monoisotopic (exact) mass is 496 g/mol. The molecular weight excluding hydrogens is 456 g/mol. The van der Waals surface area contributed by atoms with E-state index >= 15 is 0 Å². The predicted molar refractivity (Wildman–Crippen MR) is 161 cm³/mol. The fourth-order valence-corrected chi connectivity index (χ4v) is 8.36. The van der Waals surface area contributed by atoms with Gasteiger partial charge in [0.15, 0.2) is 0 Å². The largest absolute Gasteiger partial charge is 0.0622 e. The van der Waals surface area contributed by atoms with E-state index in [0.29, 0.717) is 5.41 Å². The van der Waals surface area contributed by atoms with Gasteiger partial charge in [-0.25, -0.2) is 0 Å². The molecule has 0 heteroatoms. The Balaban J connectivity index is 1.23. The van der Waals surface area contributed by atoms with Crippen molar-refractivity contribution in [3.05, 3.63) is 108 Å². The molecule has 4 aliphatic rings. The SMILES string of the molecule is CC(C)(C)c1cc(-c2ccc(-c3ccccc3)cc2)cc(-c2ccc(C34CC5CC(CC(C5)C3)C4)cc2)c1. The van der Waals surface area contributed by atoms with Crippen LogP contribution in [0.5, 0.6) is 0 Å². The fraction of sp³-hybridized carbons (Fsp3) is 0.368. The summed E-state index contributed by atoms with van der Waals surface area (Å²) in [7, 11) is 0. The highest BCUT2D eigenvalue weighted by molar-refractivity contribution is 5.76. The van der Waals surface area contributed by atoms with Gasteiger partial charge in [0, 0.05) is 0 Å². The molecule has 4 bridgehead atoms. The summed E-state index contributed by atoms with van der Waals surface area (Å²) in [6.07, 6.45) is 8.81. The topological polar surface area (TPSA) is 0 Å². The first-order valence-corrected chi connectivity index (χ1v) is 14.8. The van der Waals surface area contributed by atoms with Gasteiger partial charge in [-0.1, -0.05) is 112 Å². The molecule has 4 aromatic rings. The van der Waals surface area contributed by atoms with Crippen LogP contribution in [0.2, 0.25) is 0 Å². The van der Waals surface area contributed by atoms with Crippen molar-refractivity contribution >= 4 is 0 Å². The summed E-state index contributed by atoms with van der Waals surface area (Å²) in [5.41, 5.74) is 11.3. The van der Waals surface area contributed by atoms with Crippen LogP contribution in [-0.2, 0) is 10.8 Å². The standard InChI is InChI=1S/C38H40/c1-37(2,3)36-21-33(31-11-9-30(10-12-31)29-7-5-4-6-8-29)20-34(22-36)32-13-15-35(16-14-32)38-23-26-17-27(24-38)19-28(18-26)25-38/h4-16,20-22,26-28H,17-19,23-25H2,1-3H3. The van der Waals surface area contributed by atoms with Crippen molar-refractivity contribution in [2.24, 2.45) is 17.8 Å². The van der Waals surface area contributed by atoms with E-state index in [1.165, 1.54) is 77.5 Å². The van der Waals surface area contributed by atoms with E-state index in [0.717, 1.165) is 17.8 Å². The third kappa shape index (κ3) is 4.33. The fourth-order valence-electron chi connectivity index (χ4n) is 8.36. The second-order valence-corrected chi connectivity index (χ2v) is 13.8. The van der Waals surface area contributed by atoms with Crippen LogP contribution in [0.1, 0.15) is 70.4 Å². The molecule has 0 aromatic heterocycles. The summed E-state index contributed by atoms with van der Waals surface area (Å²) < 4.78 is 0. The van der Waals surface area contributed by atoms with Crippen LogP contribution < -0.4 is 0 Å². The molecule has 8 rings (SSSR count). The maximum atomic E-state index is 2.49. The molecule has 0 atom stereocenters. The summed E-state index contributed by atoms with van der Waals surface area (Å²) in [6, 6.07) is 36.7. The Morgan fingerprint density at radius 2 is 0.921 bits per heavy atom. The van der Waals surface area contributed by atoms with Gasteiger partial charge in [0.2, 0.25) is 0 Å². The first-order valence-electron chi connectivity index (χ1n) is 14.8. The van der Waals surface area contributed by atoms with Crippen LogP contribution in [-0.4, -0.2) is 0 Å². The van der Waals surface area contributed by atoms with E-state index in [9.17, 15) is 0 Å². The van der Waals surface area contributed by atoms with Crippen LogP contribution in [0, 0.1) is 17.8 Å². The van der Waals surface area contributed by atoms with E-state index in [2.05, 4.69) is 118 Å². The lowest BCUT2D eigenvalue weighted by molar-refractivity contribution is -0.00518. The van der Waals surface area contributed by atoms with E-state index < -0.39 is 0 Å². The molecule has 0 aliphatic heterocycles. The van der Waals surface area contributed by atoms with Crippen molar-refractivity contribution in [2.75, 3.05) is 0 Å². The van der Waals surface area contributed by atoms with Crippen LogP contribution in [0.15, 0.2) is 97.1 Å². The predicted octanol–water partition coefficient (Wildman–Crippen LogP) is 10.5. The van der Waals surface area contributed by atoms with E-state index in [4.69, 9.17) is 0 Å². The van der Waals surface area contributed by atoms with Gasteiger partial charge in [-0.05, 0) is 118 Å². The number of benzene rings is 4. The van der Waals surface area contributed by atoms with Crippen molar-refractivity contribution in [1.82, 2.24) is 0 Å². The molecule has 38 heavy (non-hydrogen) atoms. The van der Waals surface area contributed by atoms with Gasteiger partial charge in [-0.3, -0.25) is 0 Å². The minimum Gasteiger partial charge on any atom is -0.0622 e. The highest BCUT2D eigenvalue weighted by Gasteiger charge is 2.51. The maximum Gasteiger partial charge on any atom is -0.00391 e. The van der Waals surface area contributed by atoms with Gasteiger partial charge in [-0.2, -0.15) is 0 Å². The molecule has 0 amide bonds. The van der Waals surface area contributed by atoms with Crippen LogP contribution in [0.4, 0.5) is 0 Å². The molecule has 0 unspecified atom stereocenters. The molecule has 4 saturated carbocycles. The Hall–Kier alpha value is -3.12. The maximum absolute atomic E-state index is 2.49. The molecule has 0 N–H and O–H groups in total. The normalized spacial score (nSPS) is 26.0. The minimum atomic E-state index is 0.0911. The molecule has 0 nitrogen and oxygen atoms in total. The van der Waals surface area contributed by atoms with Gasteiger partial charge in [0.25, 0.3) is 0 Å². The van der Waals surface area contributed by atoms with Crippen molar-refractivity contribution < 1.29 is 0 Å². The number of rotatable bonds is 4. The van der Waals surface area contributed by atoms with E-state index in [1.54, 1.807) is 5.56 Å². The second kappa shape index (κ2) is 8.98. The third-order valence-electron chi connectivity index (χ3n) is 9.99. The van der Waals surface area contributed by atoms with Crippen LogP contribution in [0.25, 0.3) is 33.4 Å². The van der Waals surface area contributed by atoms with Gasteiger partial charge < -0.3 is 0 Å². The lowest BCUT2D eigenvalue weighted by Crippen LogP contribution is -2.48. The molecular formula is C38H40. The van der Waals surface area contributed by atoms with Crippen molar-refractivity contribution in [3.8, 4) is 33.4 Å². The highest BCUT2D eigenvalue weighted by atomic mass is 14.6. The van der Waals surface area contributed by atoms with E-state index in [-0.39, 0.29) is 5.41 Å². The third-order valence-corrected chi connectivity index (χ3v) is 9.99. The minimum absolute atomic E-state index is 0.0911. The van der Waals surface area contributed by atoms with Crippen molar-refractivity contribution in [2.45, 2.75) is 70.1 Å². The van der Waals surface area contributed by atoms with Gasteiger partial charge in [0.1, 0.15) is 0 Å². The van der Waals surface area contributed by atoms with Gasteiger partial charge >= 0.3 is 0 Å².